The van der Waals surface area contributed by atoms with Crippen LogP contribution < -0.4 is 5.32 Å². The molecule has 1 unspecified atom stereocenters. The minimum absolute atomic E-state index is 0.0504. The summed E-state index contributed by atoms with van der Waals surface area (Å²) in [5, 5.41) is 3.32. The van der Waals surface area contributed by atoms with Gasteiger partial charge in [-0.15, -0.1) is 0 Å². The highest BCUT2D eigenvalue weighted by molar-refractivity contribution is 7.85. The standard InChI is InChI=1S/C13H23N3O.C8H10O3S/c1-2-4-12(5-3-1)16-11-15-7-6-13-10-14-8-9-17-13;1-6-3-4-8(5-7(6)2)12(9,10)11/h12-14H,1-10H2;3-5H,1-2H3,(H,9,10,11). The highest BCUT2D eigenvalue weighted by Gasteiger charge is 2.12. The molecule has 1 aliphatic carbocycles. The molecule has 0 spiro atoms. The molecule has 1 heterocycles. The first-order valence-corrected chi connectivity index (χ1v) is 11.8. The van der Waals surface area contributed by atoms with Crippen molar-refractivity contribution in [2.24, 2.45) is 9.98 Å². The number of ether oxygens (including phenoxy) is 1. The Balaban J connectivity index is 0.000000221. The van der Waals surface area contributed by atoms with Crippen molar-refractivity contribution >= 4 is 16.1 Å². The number of nitrogens with zero attached hydrogens (tertiary/aromatic N) is 2. The number of benzene rings is 1. The zero-order chi connectivity index (χ0) is 21.1. The molecular formula is C21H33N3O4S. The highest BCUT2D eigenvalue weighted by atomic mass is 32.2. The number of aryl methyl sites for hydroxylation is 2. The molecule has 1 atom stereocenters. The molecule has 8 heteroatoms. The smallest absolute Gasteiger partial charge is 0.294 e. The first-order valence-electron chi connectivity index (χ1n) is 10.3. The topological polar surface area (TPSA) is 100 Å². The third-order valence-electron chi connectivity index (χ3n) is 5.23. The molecule has 1 aromatic carbocycles. The van der Waals surface area contributed by atoms with Gasteiger partial charge in [0.25, 0.3) is 10.1 Å². The summed E-state index contributed by atoms with van der Waals surface area (Å²) in [5.74, 6) is 0. The van der Waals surface area contributed by atoms with E-state index in [-0.39, 0.29) is 4.90 Å². The lowest BCUT2D eigenvalue weighted by molar-refractivity contribution is 0.0253. The predicted molar refractivity (Wildman–Crippen MR) is 115 cm³/mol. The second kappa shape index (κ2) is 12.2. The molecule has 2 aliphatic rings. The maximum absolute atomic E-state index is 10.7. The van der Waals surface area contributed by atoms with Gasteiger partial charge in [-0.2, -0.15) is 8.42 Å². The third kappa shape index (κ3) is 9.19. The number of rotatable bonds is 5. The van der Waals surface area contributed by atoms with Crippen molar-refractivity contribution < 1.29 is 17.7 Å². The summed E-state index contributed by atoms with van der Waals surface area (Å²) in [4.78, 5) is 8.58. The van der Waals surface area contributed by atoms with Crippen molar-refractivity contribution in [2.75, 3.05) is 26.2 Å². The van der Waals surface area contributed by atoms with Gasteiger partial charge in [0.2, 0.25) is 0 Å². The third-order valence-corrected chi connectivity index (χ3v) is 6.08. The van der Waals surface area contributed by atoms with Gasteiger partial charge in [-0.1, -0.05) is 25.3 Å². The zero-order valence-corrected chi connectivity index (χ0v) is 18.2. The molecule has 0 amide bonds. The monoisotopic (exact) mass is 423 g/mol. The Morgan fingerprint density at radius 1 is 1.21 bits per heavy atom. The number of hydrogen-bond donors (Lipinski definition) is 2. The van der Waals surface area contributed by atoms with E-state index in [2.05, 4.69) is 21.3 Å². The van der Waals surface area contributed by atoms with E-state index in [0.717, 1.165) is 43.8 Å². The van der Waals surface area contributed by atoms with Crippen LogP contribution in [0, 0.1) is 13.8 Å². The first kappa shape index (κ1) is 23.7. The molecule has 162 valence electrons. The van der Waals surface area contributed by atoms with Crippen LogP contribution in [0.25, 0.3) is 0 Å². The van der Waals surface area contributed by atoms with Crippen molar-refractivity contribution in [3.05, 3.63) is 29.3 Å². The SMILES string of the molecule is C(=NCCC1CNCCO1)=NC1CCCCC1.Cc1ccc(S(=O)(=O)O)cc1C. The van der Waals surface area contributed by atoms with Gasteiger partial charge in [0.05, 0.1) is 36.2 Å². The fourth-order valence-corrected chi connectivity index (χ4v) is 3.84. The van der Waals surface area contributed by atoms with E-state index in [0.29, 0.717) is 12.1 Å². The molecule has 0 radical (unpaired) electrons. The van der Waals surface area contributed by atoms with Crippen LogP contribution in [-0.4, -0.2) is 57.4 Å². The van der Waals surface area contributed by atoms with Gasteiger partial charge < -0.3 is 10.1 Å². The van der Waals surface area contributed by atoms with Crippen molar-refractivity contribution in [3.63, 3.8) is 0 Å². The second-order valence-corrected chi connectivity index (χ2v) is 9.03. The van der Waals surface area contributed by atoms with Gasteiger partial charge in [-0.25, -0.2) is 9.98 Å². The second-order valence-electron chi connectivity index (χ2n) is 7.61. The molecular weight excluding hydrogens is 390 g/mol. The maximum atomic E-state index is 10.7. The van der Waals surface area contributed by atoms with Gasteiger partial charge in [0, 0.05) is 13.1 Å². The van der Waals surface area contributed by atoms with Crippen LogP contribution in [-0.2, 0) is 14.9 Å². The van der Waals surface area contributed by atoms with E-state index in [4.69, 9.17) is 9.29 Å². The van der Waals surface area contributed by atoms with Crippen molar-refractivity contribution in [1.29, 1.82) is 0 Å². The van der Waals surface area contributed by atoms with Crippen molar-refractivity contribution in [3.8, 4) is 0 Å². The van der Waals surface area contributed by atoms with E-state index in [1.807, 2.05) is 6.92 Å². The fourth-order valence-electron chi connectivity index (χ4n) is 3.27. The zero-order valence-electron chi connectivity index (χ0n) is 17.4. The molecule has 0 bridgehead atoms. The molecule has 1 saturated heterocycles. The molecule has 29 heavy (non-hydrogen) atoms. The lowest BCUT2D eigenvalue weighted by atomic mass is 9.96. The minimum atomic E-state index is -4.04. The number of morpholine rings is 1. The highest BCUT2D eigenvalue weighted by Crippen LogP contribution is 2.19. The fraction of sp³-hybridized carbons (Fsp3) is 0.667. The molecule has 7 nitrogen and oxygen atoms in total. The average molecular weight is 424 g/mol. The number of aliphatic imine (C=N–C) groups is 2. The number of hydrogen-bond acceptors (Lipinski definition) is 6. The Hall–Kier alpha value is -1.57. The molecule has 0 aromatic heterocycles. The van der Waals surface area contributed by atoms with Gasteiger partial charge >= 0.3 is 0 Å². The van der Waals surface area contributed by atoms with Gasteiger partial charge in [0.15, 0.2) is 0 Å². The summed E-state index contributed by atoms with van der Waals surface area (Å²) in [6.45, 7) is 7.21. The van der Waals surface area contributed by atoms with Crippen LogP contribution in [0.1, 0.15) is 49.7 Å². The largest absolute Gasteiger partial charge is 0.376 e. The molecule has 3 rings (SSSR count). The lowest BCUT2D eigenvalue weighted by Gasteiger charge is -2.22. The van der Waals surface area contributed by atoms with Crippen LogP contribution in [0.3, 0.4) is 0 Å². The summed E-state index contributed by atoms with van der Waals surface area (Å²) < 4.78 is 35.6. The van der Waals surface area contributed by atoms with E-state index >= 15 is 0 Å². The lowest BCUT2D eigenvalue weighted by Crippen LogP contribution is -2.38. The Labute approximate surface area is 174 Å². The Morgan fingerprint density at radius 3 is 2.59 bits per heavy atom. The Morgan fingerprint density at radius 2 is 1.97 bits per heavy atom. The van der Waals surface area contributed by atoms with E-state index in [1.165, 1.54) is 44.2 Å². The molecule has 2 N–H and O–H groups in total. The van der Waals surface area contributed by atoms with Crippen LogP contribution >= 0.6 is 0 Å². The van der Waals surface area contributed by atoms with Crippen LogP contribution in [0.4, 0.5) is 0 Å². The Kier molecular flexibility index (Phi) is 9.97. The summed E-state index contributed by atoms with van der Waals surface area (Å²) in [6, 6.07) is 7.86. The summed E-state index contributed by atoms with van der Waals surface area (Å²) in [7, 11) is -4.04. The quantitative estimate of drug-likeness (QED) is 0.558. The molecule has 2 fully saturated rings. The van der Waals surface area contributed by atoms with Crippen LogP contribution in [0.2, 0.25) is 0 Å². The van der Waals surface area contributed by atoms with E-state index < -0.39 is 10.1 Å². The summed E-state index contributed by atoms with van der Waals surface area (Å²) in [5.41, 5.74) is 1.85. The summed E-state index contributed by atoms with van der Waals surface area (Å²) in [6.07, 6.45) is 7.74. The van der Waals surface area contributed by atoms with Crippen molar-refractivity contribution in [2.45, 2.75) is 69.4 Å². The average Bonchev–Trinajstić information content (AvgIpc) is 2.71. The van der Waals surface area contributed by atoms with E-state index in [9.17, 15) is 8.42 Å². The van der Waals surface area contributed by atoms with Gasteiger partial charge in [0.1, 0.15) is 0 Å². The van der Waals surface area contributed by atoms with Gasteiger partial charge in [-0.3, -0.25) is 4.55 Å². The molecule has 1 aliphatic heterocycles. The van der Waals surface area contributed by atoms with Gasteiger partial charge in [-0.05, 0) is 56.4 Å². The minimum Gasteiger partial charge on any atom is -0.376 e. The normalized spacial score (nSPS) is 20.2. The maximum Gasteiger partial charge on any atom is 0.294 e. The molecule has 1 aromatic rings. The summed E-state index contributed by atoms with van der Waals surface area (Å²) >= 11 is 0. The molecule has 1 saturated carbocycles. The van der Waals surface area contributed by atoms with E-state index in [1.54, 1.807) is 13.0 Å². The Bertz CT molecular complexity index is 792. The first-order chi connectivity index (χ1) is 13.9. The van der Waals surface area contributed by atoms with Crippen LogP contribution in [0.15, 0.2) is 33.1 Å². The van der Waals surface area contributed by atoms with Crippen molar-refractivity contribution in [1.82, 2.24) is 5.32 Å². The predicted octanol–water partition coefficient (Wildman–Crippen LogP) is 3.42. The number of nitrogens with one attached hydrogen (secondary N) is 1. The van der Waals surface area contributed by atoms with Crippen LogP contribution in [0.5, 0.6) is 0 Å².